The molecule has 1 amide bonds. The number of carbonyl (C=O) groups is 1. The zero-order valence-electron chi connectivity index (χ0n) is 12.4. The molecule has 2 N–H and O–H groups in total. The zero-order chi connectivity index (χ0) is 15.9. The van der Waals surface area contributed by atoms with Crippen LogP contribution in [0.5, 0.6) is 0 Å². The molecule has 0 saturated heterocycles. The molecular formula is C15H22N2O3S. The van der Waals surface area contributed by atoms with Crippen LogP contribution in [-0.4, -0.2) is 26.9 Å². The van der Waals surface area contributed by atoms with Crippen LogP contribution in [0, 0.1) is 0 Å². The summed E-state index contributed by atoms with van der Waals surface area (Å²) in [6, 6.07) is 5.96. The molecule has 0 aliphatic rings. The van der Waals surface area contributed by atoms with Gasteiger partial charge in [0.1, 0.15) is 0 Å². The minimum atomic E-state index is -3.55. The van der Waals surface area contributed by atoms with Gasteiger partial charge >= 0.3 is 0 Å². The smallest absolute Gasteiger partial charge is 0.251 e. The van der Waals surface area contributed by atoms with E-state index in [-0.39, 0.29) is 23.4 Å². The van der Waals surface area contributed by atoms with Gasteiger partial charge in [0.2, 0.25) is 10.0 Å². The van der Waals surface area contributed by atoms with Crippen molar-refractivity contribution in [2.75, 3.05) is 6.54 Å². The van der Waals surface area contributed by atoms with E-state index in [4.69, 9.17) is 0 Å². The fraction of sp³-hybridized carbons (Fsp3) is 0.400. The van der Waals surface area contributed by atoms with Crippen molar-refractivity contribution < 1.29 is 13.2 Å². The highest BCUT2D eigenvalue weighted by molar-refractivity contribution is 7.89. The van der Waals surface area contributed by atoms with E-state index in [0.717, 1.165) is 12.8 Å². The average Bonchev–Trinajstić information content (AvgIpc) is 2.45. The third-order valence-corrected chi connectivity index (χ3v) is 4.38. The van der Waals surface area contributed by atoms with Crippen molar-refractivity contribution in [3.8, 4) is 0 Å². The van der Waals surface area contributed by atoms with Crippen molar-refractivity contribution in [1.82, 2.24) is 10.0 Å². The molecule has 1 aromatic rings. The van der Waals surface area contributed by atoms with E-state index in [0.29, 0.717) is 5.56 Å². The minimum absolute atomic E-state index is 0.0974. The summed E-state index contributed by atoms with van der Waals surface area (Å²) in [6.07, 6.45) is 3.37. The van der Waals surface area contributed by atoms with E-state index >= 15 is 0 Å². The maximum atomic E-state index is 12.0. The lowest BCUT2D eigenvalue weighted by Crippen LogP contribution is -2.32. The van der Waals surface area contributed by atoms with Crippen LogP contribution in [0.25, 0.3) is 0 Å². The second kappa shape index (κ2) is 7.95. The maximum Gasteiger partial charge on any atom is 0.251 e. The predicted molar refractivity (Wildman–Crippen MR) is 83.7 cm³/mol. The zero-order valence-corrected chi connectivity index (χ0v) is 13.2. The van der Waals surface area contributed by atoms with E-state index in [1.807, 2.05) is 6.92 Å². The lowest BCUT2D eigenvalue weighted by molar-refractivity contribution is 0.0938. The number of sulfonamides is 1. The topological polar surface area (TPSA) is 75.3 Å². The molecule has 116 valence electrons. The Morgan fingerprint density at radius 3 is 2.48 bits per heavy atom. The summed E-state index contributed by atoms with van der Waals surface area (Å²) in [5.74, 6) is -0.195. The molecule has 1 aromatic carbocycles. The highest BCUT2D eigenvalue weighted by atomic mass is 32.2. The first kappa shape index (κ1) is 17.4. The number of nitrogens with one attached hydrogen (secondary N) is 2. The van der Waals surface area contributed by atoms with E-state index < -0.39 is 10.0 Å². The van der Waals surface area contributed by atoms with Gasteiger partial charge in [0.15, 0.2) is 0 Å². The fourth-order valence-corrected chi connectivity index (χ4v) is 2.85. The molecule has 0 aliphatic heterocycles. The van der Waals surface area contributed by atoms with Gasteiger partial charge in [-0.25, -0.2) is 13.1 Å². The third kappa shape index (κ3) is 5.32. The Bertz CT molecular complexity index is 579. The maximum absolute atomic E-state index is 12.0. The lowest BCUT2D eigenvalue weighted by atomic mass is 10.1. The fourth-order valence-electron chi connectivity index (χ4n) is 1.85. The highest BCUT2D eigenvalue weighted by Gasteiger charge is 2.14. The molecule has 21 heavy (non-hydrogen) atoms. The van der Waals surface area contributed by atoms with Crippen LogP contribution in [-0.2, 0) is 10.0 Å². The van der Waals surface area contributed by atoms with Crippen LogP contribution >= 0.6 is 0 Å². The molecule has 0 spiro atoms. The van der Waals surface area contributed by atoms with Gasteiger partial charge in [0.05, 0.1) is 4.90 Å². The Balaban J connectivity index is 2.78. The van der Waals surface area contributed by atoms with E-state index in [9.17, 15) is 13.2 Å². The van der Waals surface area contributed by atoms with Gasteiger partial charge in [-0.05, 0) is 37.6 Å². The number of rotatable bonds is 8. The minimum Gasteiger partial charge on any atom is -0.350 e. The monoisotopic (exact) mass is 310 g/mol. The standard InChI is InChI=1S/C15H22N2O3S/c1-4-6-12(3)17-15(18)13-7-9-14(10-8-13)21(19,20)16-11-5-2/h5,7-10,12,16H,2,4,6,11H2,1,3H3,(H,17,18). The van der Waals surface area contributed by atoms with Gasteiger partial charge < -0.3 is 5.32 Å². The van der Waals surface area contributed by atoms with Gasteiger partial charge in [0.25, 0.3) is 5.91 Å². The second-order valence-corrected chi connectivity index (χ2v) is 6.60. The van der Waals surface area contributed by atoms with Gasteiger partial charge in [0, 0.05) is 18.2 Å². The molecule has 0 saturated carbocycles. The molecule has 1 rings (SSSR count). The first-order valence-electron chi connectivity index (χ1n) is 6.92. The number of carbonyl (C=O) groups excluding carboxylic acids is 1. The second-order valence-electron chi connectivity index (χ2n) is 4.83. The molecule has 0 fully saturated rings. The van der Waals surface area contributed by atoms with Crippen LogP contribution < -0.4 is 10.0 Å². The summed E-state index contributed by atoms with van der Waals surface area (Å²) in [7, 11) is -3.55. The van der Waals surface area contributed by atoms with Crippen LogP contribution in [0.4, 0.5) is 0 Å². The van der Waals surface area contributed by atoms with Crippen LogP contribution in [0.2, 0.25) is 0 Å². The van der Waals surface area contributed by atoms with E-state index in [1.165, 1.54) is 30.3 Å². The summed E-state index contributed by atoms with van der Waals surface area (Å²) in [5, 5.41) is 2.87. The molecule has 6 heteroatoms. The molecule has 1 atom stereocenters. The van der Waals surface area contributed by atoms with Gasteiger partial charge in [-0.15, -0.1) is 6.58 Å². The normalized spacial score (nSPS) is 12.7. The van der Waals surface area contributed by atoms with Crippen molar-refractivity contribution in [1.29, 1.82) is 0 Å². The average molecular weight is 310 g/mol. The van der Waals surface area contributed by atoms with Gasteiger partial charge in [-0.1, -0.05) is 19.4 Å². The van der Waals surface area contributed by atoms with Crippen molar-refractivity contribution in [2.45, 2.75) is 37.6 Å². The molecule has 0 aromatic heterocycles. The summed E-state index contributed by atoms with van der Waals surface area (Å²) >= 11 is 0. The van der Waals surface area contributed by atoms with Crippen LogP contribution in [0.1, 0.15) is 37.0 Å². The molecule has 5 nitrogen and oxygen atoms in total. The SMILES string of the molecule is C=CCNS(=O)(=O)c1ccc(C(=O)NC(C)CCC)cc1. The lowest BCUT2D eigenvalue weighted by Gasteiger charge is -2.13. The number of hydrogen-bond acceptors (Lipinski definition) is 3. The Labute approximate surface area is 126 Å². The molecule has 0 heterocycles. The number of hydrogen-bond donors (Lipinski definition) is 2. The van der Waals surface area contributed by atoms with Gasteiger partial charge in [-0.2, -0.15) is 0 Å². The summed E-state index contributed by atoms with van der Waals surface area (Å²) in [5.41, 5.74) is 0.445. The highest BCUT2D eigenvalue weighted by Crippen LogP contribution is 2.11. The van der Waals surface area contributed by atoms with Crippen LogP contribution in [0.15, 0.2) is 41.8 Å². The summed E-state index contributed by atoms with van der Waals surface area (Å²) in [6.45, 7) is 7.62. The van der Waals surface area contributed by atoms with Crippen molar-refractivity contribution in [3.05, 3.63) is 42.5 Å². The van der Waals surface area contributed by atoms with Crippen molar-refractivity contribution in [2.24, 2.45) is 0 Å². The Morgan fingerprint density at radius 2 is 1.95 bits per heavy atom. The first-order chi connectivity index (χ1) is 9.90. The van der Waals surface area contributed by atoms with Crippen molar-refractivity contribution in [3.63, 3.8) is 0 Å². The number of benzene rings is 1. The van der Waals surface area contributed by atoms with E-state index in [1.54, 1.807) is 0 Å². The molecular weight excluding hydrogens is 288 g/mol. The Kier molecular flexibility index (Phi) is 6.58. The van der Waals surface area contributed by atoms with Crippen LogP contribution in [0.3, 0.4) is 0 Å². The third-order valence-electron chi connectivity index (χ3n) is 2.94. The Morgan fingerprint density at radius 1 is 1.33 bits per heavy atom. The summed E-state index contributed by atoms with van der Waals surface area (Å²) in [4.78, 5) is 12.1. The molecule has 0 aliphatic carbocycles. The predicted octanol–water partition coefficient (Wildman–Crippen LogP) is 2.07. The summed E-state index contributed by atoms with van der Waals surface area (Å²) < 4.78 is 26.1. The number of amides is 1. The van der Waals surface area contributed by atoms with E-state index in [2.05, 4.69) is 23.5 Å². The molecule has 0 radical (unpaired) electrons. The largest absolute Gasteiger partial charge is 0.350 e. The Hall–Kier alpha value is -1.66. The first-order valence-corrected chi connectivity index (χ1v) is 8.40. The molecule has 1 unspecified atom stereocenters. The van der Waals surface area contributed by atoms with Gasteiger partial charge in [-0.3, -0.25) is 4.79 Å². The quantitative estimate of drug-likeness (QED) is 0.722. The molecule has 0 bridgehead atoms. The van der Waals surface area contributed by atoms with Crippen molar-refractivity contribution >= 4 is 15.9 Å².